The van der Waals surface area contributed by atoms with Crippen molar-refractivity contribution in [2.45, 2.75) is 26.0 Å². The summed E-state index contributed by atoms with van der Waals surface area (Å²) in [6.45, 7) is 2.36. The molecule has 9 heteroatoms. The third kappa shape index (κ3) is 5.33. The zero-order valence-electron chi connectivity index (χ0n) is 17.7. The molecule has 0 aliphatic rings. The van der Waals surface area contributed by atoms with Gasteiger partial charge in [-0.25, -0.2) is 14.6 Å². The summed E-state index contributed by atoms with van der Waals surface area (Å²) in [5.74, 6) is 0.735. The molecule has 0 N–H and O–H groups in total. The topological polar surface area (TPSA) is 73.1 Å². The summed E-state index contributed by atoms with van der Waals surface area (Å²) in [4.78, 5) is 23.1. The Morgan fingerprint density at radius 1 is 1.19 bits per heavy atom. The lowest BCUT2D eigenvalue weighted by Gasteiger charge is -2.25. The number of benzene rings is 2. The minimum absolute atomic E-state index is 0.00771. The van der Waals surface area contributed by atoms with Crippen LogP contribution in [0.15, 0.2) is 66.6 Å². The van der Waals surface area contributed by atoms with E-state index in [-0.39, 0.29) is 18.4 Å². The highest BCUT2D eigenvalue weighted by Gasteiger charge is 2.19. The van der Waals surface area contributed by atoms with Crippen LogP contribution in [-0.2, 0) is 17.8 Å². The van der Waals surface area contributed by atoms with Crippen molar-refractivity contribution in [3.63, 3.8) is 0 Å². The van der Waals surface area contributed by atoms with E-state index in [1.54, 1.807) is 28.0 Å². The smallest absolute Gasteiger partial charge is 0.228 e. The molecule has 32 heavy (non-hydrogen) atoms. The van der Waals surface area contributed by atoms with Gasteiger partial charge in [0.05, 0.1) is 23.8 Å². The average Bonchev–Trinajstić information content (AvgIpc) is 3.50. The highest BCUT2D eigenvalue weighted by molar-refractivity contribution is 7.09. The monoisotopic (exact) mass is 467 g/mol. The van der Waals surface area contributed by atoms with Gasteiger partial charge < -0.3 is 9.64 Å². The lowest BCUT2D eigenvalue weighted by Crippen LogP contribution is -2.31. The van der Waals surface area contributed by atoms with Crippen LogP contribution in [0.3, 0.4) is 0 Å². The molecule has 1 amide bonds. The molecular weight excluding hydrogens is 446 g/mol. The predicted molar refractivity (Wildman–Crippen MR) is 124 cm³/mol. The number of carbonyl (C=O) groups is 1. The number of ether oxygens (including phenoxy) is 1. The highest BCUT2D eigenvalue weighted by atomic mass is 35.5. The summed E-state index contributed by atoms with van der Waals surface area (Å²) < 4.78 is 7.42. The summed E-state index contributed by atoms with van der Waals surface area (Å²) in [5, 5.41) is 7.52. The van der Waals surface area contributed by atoms with Gasteiger partial charge in [-0.3, -0.25) is 4.79 Å². The van der Waals surface area contributed by atoms with Crippen molar-refractivity contribution in [3.05, 3.63) is 87.9 Å². The SMILES string of the molecule is C[C@H](c1ccc(-n2cncn2)cc1)N(C)C(=O)Cc1csc(COc2ccc(Cl)cc2)n1. The van der Waals surface area contributed by atoms with E-state index in [2.05, 4.69) is 15.1 Å². The minimum Gasteiger partial charge on any atom is -0.486 e. The normalized spacial score (nSPS) is 11.8. The maximum atomic E-state index is 12.8. The van der Waals surface area contributed by atoms with Gasteiger partial charge in [-0.05, 0) is 48.9 Å². The number of amides is 1. The molecule has 4 aromatic rings. The molecule has 4 rings (SSSR count). The number of carbonyl (C=O) groups excluding carboxylic acids is 1. The first-order valence-corrected chi connectivity index (χ1v) is 11.3. The minimum atomic E-state index is -0.0707. The first-order valence-electron chi connectivity index (χ1n) is 10.0. The van der Waals surface area contributed by atoms with Gasteiger partial charge in [-0.1, -0.05) is 23.7 Å². The van der Waals surface area contributed by atoms with Crippen molar-refractivity contribution >= 4 is 28.8 Å². The Kier molecular flexibility index (Phi) is 6.82. The van der Waals surface area contributed by atoms with Crippen molar-refractivity contribution in [1.29, 1.82) is 0 Å². The Balaban J connectivity index is 1.32. The van der Waals surface area contributed by atoms with E-state index in [9.17, 15) is 4.79 Å². The van der Waals surface area contributed by atoms with E-state index in [1.807, 2.05) is 55.7 Å². The molecular formula is C23H22ClN5O2S. The number of hydrogen-bond donors (Lipinski definition) is 0. The molecule has 0 radical (unpaired) electrons. The second-order valence-electron chi connectivity index (χ2n) is 7.26. The average molecular weight is 468 g/mol. The summed E-state index contributed by atoms with van der Waals surface area (Å²) in [5.41, 5.74) is 2.71. The van der Waals surface area contributed by atoms with E-state index >= 15 is 0 Å². The molecule has 2 heterocycles. The van der Waals surface area contributed by atoms with Crippen LogP contribution in [0.2, 0.25) is 5.02 Å². The molecule has 0 spiro atoms. The molecule has 0 fully saturated rings. The third-order valence-electron chi connectivity index (χ3n) is 5.14. The Labute approximate surface area is 195 Å². The number of hydrogen-bond acceptors (Lipinski definition) is 6. The van der Waals surface area contributed by atoms with Gasteiger partial charge in [-0.15, -0.1) is 11.3 Å². The number of nitrogens with zero attached hydrogens (tertiary/aromatic N) is 5. The Morgan fingerprint density at radius 3 is 2.62 bits per heavy atom. The van der Waals surface area contributed by atoms with Crippen LogP contribution in [0.5, 0.6) is 5.75 Å². The number of halogens is 1. The van der Waals surface area contributed by atoms with Crippen molar-refractivity contribution in [1.82, 2.24) is 24.6 Å². The molecule has 2 aromatic carbocycles. The molecule has 0 bridgehead atoms. The first-order chi connectivity index (χ1) is 15.5. The fraction of sp³-hybridized carbons (Fsp3) is 0.217. The van der Waals surface area contributed by atoms with Crippen LogP contribution in [0.1, 0.15) is 29.2 Å². The molecule has 0 unspecified atom stereocenters. The van der Waals surface area contributed by atoms with Gasteiger partial charge in [0.25, 0.3) is 0 Å². The van der Waals surface area contributed by atoms with Crippen molar-refractivity contribution < 1.29 is 9.53 Å². The Bertz CT molecular complexity index is 1160. The molecule has 0 aliphatic heterocycles. The molecule has 0 aliphatic carbocycles. The lowest BCUT2D eigenvalue weighted by atomic mass is 10.1. The number of likely N-dealkylation sites (N-methyl/N-ethyl adjacent to an activating group) is 1. The van der Waals surface area contributed by atoms with E-state index in [1.165, 1.54) is 17.7 Å². The quantitative estimate of drug-likeness (QED) is 0.375. The first kappa shape index (κ1) is 22.0. The second kappa shape index (κ2) is 9.93. The van der Waals surface area contributed by atoms with Crippen LogP contribution >= 0.6 is 22.9 Å². The fourth-order valence-corrected chi connectivity index (χ4v) is 3.97. The Hall–Kier alpha value is -3.23. The number of rotatable bonds is 8. The van der Waals surface area contributed by atoms with Crippen LogP contribution in [0, 0.1) is 0 Å². The zero-order valence-corrected chi connectivity index (χ0v) is 19.3. The maximum Gasteiger partial charge on any atom is 0.228 e. The molecule has 0 saturated carbocycles. The second-order valence-corrected chi connectivity index (χ2v) is 8.64. The van der Waals surface area contributed by atoms with Crippen LogP contribution in [0.25, 0.3) is 5.69 Å². The van der Waals surface area contributed by atoms with E-state index in [4.69, 9.17) is 16.3 Å². The van der Waals surface area contributed by atoms with Crippen LogP contribution < -0.4 is 4.74 Å². The van der Waals surface area contributed by atoms with E-state index < -0.39 is 0 Å². The molecule has 7 nitrogen and oxygen atoms in total. The maximum absolute atomic E-state index is 12.8. The highest BCUT2D eigenvalue weighted by Crippen LogP contribution is 2.22. The predicted octanol–water partition coefficient (Wildman–Crippen LogP) is 4.72. The zero-order chi connectivity index (χ0) is 22.5. The lowest BCUT2D eigenvalue weighted by molar-refractivity contribution is -0.131. The summed E-state index contributed by atoms with van der Waals surface area (Å²) in [6, 6.07) is 15.0. The van der Waals surface area contributed by atoms with Crippen LogP contribution in [0.4, 0.5) is 0 Å². The van der Waals surface area contributed by atoms with Gasteiger partial charge in [0.2, 0.25) is 5.91 Å². The van der Waals surface area contributed by atoms with Gasteiger partial charge in [0, 0.05) is 17.5 Å². The van der Waals surface area contributed by atoms with Gasteiger partial charge >= 0.3 is 0 Å². The number of aromatic nitrogens is 4. The standard InChI is InChI=1S/C23H22ClN5O2S/c1-16(17-3-7-20(8-4-17)29-15-25-14-26-29)28(2)23(30)11-19-13-32-22(27-19)12-31-21-9-5-18(24)6-10-21/h3-10,13-16H,11-12H2,1-2H3/t16-/m1/s1. The van der Waals surface area contributed by atoms with Gasteiger partial charge in [0.1, 0.15) is 30.0 Å². The molecule has 1 atom stereocenters. The number of thiazole rings is 1. The van der Waals surface area contributed by atoms with E-state index in [0.717, 1.165) is 27.7 Å². The summed E-state index contributed by atoms with van der Waals surface area (Å²) in [6.07, 6.45) is 3.39. The third-order valence-corrected chi connectivity index (χ3v) is 6.26. The molecule has 0 saturated heterocycles. The van der Waals surface area contributed by atoms with Crippen molar-refractivity contribution in [2.24, 2.45) is 0 Å². The largest absolute Gasteiger partial charge is 0.486 e. The Morgan fingerprint density at radius 2 is 1.94 bits per heavy atom. The van der Waals surface area contributed by atoms with Crippen molar-refractivity contribution in [3.8, 4) is 11.4 Å². The van der Waals surface area contributed by atoms with E-state index in [0.29, 0.717) is 11.6 Å². The fourth-order valence-electron chi connectivity index (χ4n) is 3.14. The van der Waals surface area contributed by atoms with Crippen LogP contribution in [-0.4, -0.2) is 37.6 Å². The summed E-state index contributed by atoms with van der Waals surface area (Å²) >= 11 is 7.37. The van der Waals surface area contributed by atoms with Gasteiger partial charge in [0.15, 0.2) is 0 Å². The molecule has 2 aromatic heterocycles. The van der Waals surface area contributed by atoms with Crippen molar-refractivity contribution in [2.75, 3.05) is 7.05 Å². The van der Waals surface area contributed by atoms with Gasteiger partial charge in [-0.2, -0.15) is 5.10 Å². The molecule has 164 valence electrons. The summed E-state index contributed by atoms with van der Waals surface area (Å²) in [7, 11) is 1.81.